The number of aromatic nitrogens is 3. The van der Waals surface area contributed by atoms with Gasteiger partial charge < -0.3 is 9.47 Å². The highest BCUT2D eigenvalue weighted by Crippen LogP contribution is 2.27. The summed E-state index contributed by atoms with van der Waals surface area (Å²) in [6.07, 6.45) is 8.09. The third-order valence-electron chi connectivity index (χ3n) is 3.42. The van der Waals surface area contributed by atoms with Gasteiger partial charge in [-0.1, -0.05) is 0 Å². The van der Waals surface area contributed by atoms with Gasteiger partial charge in [0.15, 0.2) is 18.2 Å². The minimum atomic E-state index is -0.313. The highest BCUT2D eigenvalue weighted by molar-refractivity contribution is 5.94. The summed E-state index contributed by atoms with van der Waals surface area (Å²) < 4.78 is 12.7. The van der Waals surface area contributed by atoms with Crippen LogP contribution in [0.2, 0.25) is 0 Å². The summed E-state index contributed by atoms with van der Waals surface area (Å²) in [5.74, 6) is 0.829. The van der Waals surface area contributed by atoms with Crippen molar-refractivity contribution >= 4 is 12.1 Å². The number of hydrazone groups is 1. The third-order valence-corrected chi connectivity index (χ3v) is 3.42. The van der Waals surface area contributed by atoms with Crippen molar-refractivity contribution in [1.82, 2.24) is 20.2 Å². The van der Waals surface area contributed by atoms with Crippen LogP contribution in [0.25, 0.3) is 0 Å². The van der Waals surface area contributed by atoms with Crippen LogP contribution in [0, 0.1) is 0 Å². The predicted molar refractivity (Wildman–Crippen MR) is 95.1 cm³/mol. The number of rotatable bonds is 7. The Balaban J connectivity index is 1.65. The maximum Gasteiger partial charge on any atom is 0.271 e. The Hall–Kier alpha value is -3.68. The highest BCUT2D eigenvalue weighted by atomic mass is 16.5. The summed E-state index contributed by atoms with van der Waals surface area (Å²) in [5, 5.41) is 8.05. The molecule has 1 aromatic carbocycles. The number of hydrogen-bond donors (Lipinski definition) is 1. The molecule has 0 bridgehead atoms. The van der Waals surface area contributed by atoms with Crippen LogP contribution in [0.15, 0.2) is 66.3 Å². The average molecular weight is 351 g/mol. The molecular formula is C18H17N5O3. The van der Waals surface area contributed by atoms with Crippen molar-refractivity contribution in [2.75, 3.05) is 7.11 Å². The van der Waals surface area contributed by atoms with Crippen molar-refractivity contribution in [2.45, 2.75) is 6.73 Å². The average Bonchev–Trinajstić information content (AvgIpc) is 3.20. The molecule has 1 amide bonds. The molecular weight excluding hydrogens is 334 g/mol. The van der Waals surface area contributed by atoms with E-state index in [1.165, 1.54) is 6.21 Å². The largest absolute Gasteiger partial charge is 0.493 e. The fraction of sp³-hybridized carbons (Fsp3) is 0.111. The lowest BCUT2D eigenvalue weighted by atomic mass is 10.2. The number of hydrogen-bond acceptors (Lipinski definition) is 6. The van der Waals surface area contributed by atoms with E-state index in [0.29, 0.717) is 17.1 Å². The van der Waals surface area contributed by atoms with E-state index in [0.717, 1.165) is 5.56 Å². The van der Waals surface area contributed by atoms with Crippen LogP contribution in [0.4, 0.5) is 0 Å². The number of carbonyl (C=O) groups excluding carboxylic acids is 1. The molecule has 0 saturated heterocycles. The van der Waals surface area contributed by atoms with E-state index in [9.17, 15) is 4.79 Å². The zero-order chi connectivity index (χ0) is 18.2. The molecule has 8 nitrogen and oxygen atoms in total. The van der Waals surface area contributed by atoms with E-state index in [-0.39, 0.29) is 12.6 Å². The number of nitrogens with zero attached hydrogens (tertiary/aromatic N) is 4. The summed E-state index contributed by atoms with van der Waals surface area (Å²) >= 11 is 0. The van der Waals surface area contributed by atoms with Gasteiger partial charge in [-0.3, -0.25) is 9.78 Å². The molecule has 0 aliphatic heterocycles. The number of amides is 1. The smallest absolute Gasteiger partial charge is 0.271 e. The zero-order valence-corrected chi connectivity index (χ0v) is 14.1. The molecule has 0 aliphatic carbocycles. The Labute approximate surface area is 150 Å². The molecule has 1 N–H and O–H groups in total. The maximum atomic E-state index is 11.9. The van der Waals surface area contributed by atoms with Gasteiger partial charge in [-0.2, -0.15) is 10.2 Å². The van der Waals surface area contributed by atoms with Crippen molar-refractivity contribution in [3.05, 3.63) is 72.3 Å². The van der Waals surface area contributed by atoms with Gasteiger partial charge in [0.05, 0.1) is 13.3 Å². The fourth-order valence-electron chi connectivity index (χ4n) is 2.13. The van der Waals surface area contributed by atoms with Crippen LogP contribution in [-0.2, 0) is 6.73 Å². The molecule has 0 unspecified atom stereocenters. The Morgan fingerprint density at radius 1 is 1.23 bits per heavy atom. The van der Waals surface area contributed by atoms with Gasteiger partial charge in [0.1, 0.15) is 0 Å². The van der Waals surface area contributed by atoms with E-state index in [1.807, 2.05) is 12.1 Å². The monoisotopic (exact) mass is 351 g/mol. The molecule has 2 aromatic heterocycles. The summed E-state index contributed by atoms with van der Waals surface area (Å²) in [6, 6.07) is 10.4. The standard InChI is InChI=1S/C18H17N5O3/c1-25-16-4-3-14(11-17(16)26-13-23-10-2-7-21-23)12-20-22-18(24)15-5-8-19-9-6-15/h2-12H,13H2,1H3,(H,22,24)/b20-12+. The van der Waals surface area contributed by atoms with Crippen LogP contribution in [0.5, 0.6) is 11.5 Å². The van der Waals surface area contributed by atoms with Gasteiger partial charge in [-0.25, -0.2) is 10.1 Å². The van der Waals surface area contributed by atoms with Gasteiger partial charge in [-0.15, -0.1) is 0 Å². The highest BCUT2D eigenvalue weighted by Gasteiger charge is 2.06. The second kappa shape index (κ2) is 8.43. The summed E-state index contributed by atoms with van der Waals surface area (Å²) in [5.41, 5.74) is 3.69. The number of ether oxygens (including phenoxy) is 2. The summed E-state index contributed by atoms with van der Waals surface area (Å²) in [6.45, 7) is 0.253. The number of pyridine rings is 1. The molecule has 26 heavy (non-hydrogen) atoms. The van der Waals surface area contributed by atoms with Gasteiger partial charge in [0.25, 0.3) is 5.91 Å². The van der Waals surface area contributed by atoms with Crippen molar-refractivity contribution < 1.29 is 14.3 Å². The maximum absolute atomic E-state index is 11.9. The second-order valence-corrected chi connectivity index (χ2v) is 5.16. The SMILES string of the molecule is COc1ccc(/C=N/NC(=O)c2ccncc2)cc1OCn1cccn1. The molecule has 8 heteroatoms. The Bertz CT molecular complexity index is 879. The van der Waals surface area contributed by atoms with Crippen molar-refractivity contribution in [3.8, 4) is 11.5 Å². The molecule has 0 saturated carbocycles. The first-order valence-corrected chi connectivity index (χ1v) is 7.78. The van der Waals surface area contributed by atoms with Crippen LogP contribution >= 0.6 is 0 Å². The normalized spacial score (nSPS) is 10.7. The van der Waals surface area contributed by atoms with Crippen molar-refractivity contribution in [2.24, 2.45) is 5.10 Å². The van der Waals surface area contributed by atoms with Crippen molar-refractivity contribution in [1.29, 1.82) is 0 Å². The molecule has 0 aliphatic rings. The van der Waals surface area contributed by atoms with Crippen LogP contribution in [-0.4, -0.2) is 34.0 Å². The van der Waals surface area contributed by atoms with Crippen LogP contribution < -0.4 is 14.9 Å². The first-order chi connectivity index (χ1) is 12.8. The third kappa shape index (κ3) is 4.44. The van der Waals surface area contributed by atoms with Crippen LogP contribution in [0.3, 0.4) is 0 Å². The van der Waals surface area contributed by atoms with E-state index >= 15 is 0 Å². The fourth-order valence-corrected chi connectivity index (χ4v) is 2.13. The Morgan fingerprint density at radius 3 is 2.81 bits per heavy atom. The molecule has 0 radical (unpaired) electrons. The first-order valence-electron chi connectivity index (χ1n) is 7.78. The van der Waals surface area contributed by atoms with E-state index in [1.54, 1.807) is 60.8 Å². The van der Waals surface area contributed by atoms with Crippen LogP contribution in [0.1, 0.15) is 15.9 Å². The second-order valence-electron chi connectivity index (χ2n) is 5.16. The number of nitrogens with one attached hydrogen (secondary N) is 1. The number of benzene rings is 1. The Kier molecular flexibility index (Phi) is 5.56. The molecule has 132 valence electrons. The van der Waals surface area contributed by atoms with E-state index < -0.39 is 0 Å². The molecule has 0 fully saturated rings. The predicted octanol–water partition coefficient (Wildman–Crippen LogP) is 2.09. The minimum Gasteiger partial charge on any atom is -0.493 e. The quantitative estimate of drug-likeness (QED) is 0.520. The van der Waals surface area contributed by atoms with Gasteiger partial charge in [0.2, 0.25) is 0 Å². The lowest BCUT2D eigenvalue weighted by molar-refractivity contribution is 0.0955. The molecule has 0 spiro atoms. The summed E-state index contributed by atoms with van der Waals surface area (Å²) in [7, 11) is 1.57. The number of methoxy groups -OCH3 is 1. The molecule has 3 rings (SSSR count). The van der Waals surface area contributed by atoms with Gasteiger partial charge >= 0.3 is 0 Å². The first kappa shape index (κ1) is 17.2. The zero-order valence-electron chi connectivity index (χ0n) is 14.1. The minimum absolute atomic E-state index is 0.253. The lowest BCUT2D eigenvalue weighted by Gasteiger charge is -2.11. The van der Waals surface area contributed by atoms with Gasteiger partial charge in [-0.05, 0) is 42.0 Å². The molecule has 0 atom stereocenters. The lowest BCUT2D eigenvalue weighted by Crippen LogP contribution is -2.17. The topological polar surface area (TPSA) is 90.6 Å². The van der Waals surface area contributed by atoms with Crippen molar-refractivity contribution in [3.63, 3.8) is 0 Å². The van der Waals surface area contributed by atoms with Gasteiger partial charge in [0, 0.05) is 30.4 Å². The molecule has 3 aromatic rings. The number of carbonyl (C=O) groups is 1. The Morgan fingerprint density at radius 2 is 2.08 bits per heavy atom. The van der Waals surface area contributed by atoms with E-state index in [4.69, 9.17) is 9.47 Å². The summed E-state index contributed by atoms with van der Waals surface area (Å²) in [4.78, 5) is 15.8. The van der Waals surface area contributed by atoms with E-state index in [2.05, 4.69) is 20.6 Å². The molecule has 2 heterocycles.